The van der Waals surface area contributed by atoms with E-state index < -0.39 is 5.41 Å². The van der Waals surface area contributed by atoms with Gasteiger partial charge in [-0.3, -0.25) is 9.59 Å². The van der Waals surface area contributed by atoms with Crippen LogP contribution in [0.3, 0.4) is 0 Å². The molecule has 0 fully saturated rings. The van der Waals surface area contributed by atoms with Crippen molar-refractivity contribution in [3.05, 3.63) is 34.9 Å². The lowest BCUT2D eigenvalue weighted by Gasteiger charge is -2.29. The number of halogens is 1. The number of nitrogens with one attached hydrogen (secondary N) is 1. The minimum atomic E-state index is -1.09. The standard InChI is InChI=1S/C16H23ClN2O2/c1-5-19(6-2)15(21)16(3,4)14(20)18-11-12-9-7-8-10-13(12)17/h7-10H,5-6,11H2,1-4H3,(H,18,20). The maximum Gasteiger partial charge on any atom is 0.237 e. The van der Waals surface area contributed by atoms with E-state index in [0.29, 0.717) is 24.7 Å². The van der Waals surface area contributed by atoms with Gasteiger partial charge in [0.2, 0.25) is 11.8 Å². The van der Waals surface area contributed by atoms with Crippen LogP contribution in [-0.4, -0.2) is 29.8 Å². The van der Waals surface area contributed by atoms with Gasteiger partial charge < -0.3 is 10.2 Å². The van der Waals surface area contributed by atoms with E-state index in [4.69, 9.17) is 11.6 Å². The molecule has 0 spiro atoms. The van der Waals surface area contributed by atoms with Crippen molar-refractivity contribution < 1.29 is 9.59 Å². The van der Waals surface area contributed by atoms with Gasteiger partial charge in [0.1, 0.15) is 5.41 Å². The van der Waals surface area contributed by atoms with Crippen LogP contribution in [0.5, 0.6) is 0 Å². The number of rotatable bonds is 6. The normalized spacial score (nSPS) is 11.1. The fourth-order valence-corrected chi connectivity index (χ4v) is 2.24. The highest BCUT2D eigenvalue weighted by Gasteiger charge is 2.38. The van der Waals surface area contributed by atoms with Crippen LogP contribution in [0.1, 0.15) is 33.3 Å². The number of hydrogen-bond acceptors (Lipinski definition) is 2. The van der Waals surface area contributed by atoms with Crippen molar-refractivity contribution in [3.8, 4) is 0 Å². The van der Waals surface area contributed by atoms with Crippen molar-refractivity contribution in [1.82, 2.24) is 10.2 Å². The lowest BCUT2D eigenvalue weighted by molar-refractivity contribution is -0.148. The largest absolute Gasteiger partial charge is 0.351 e. The molecule has 0 aliphatic carbocycles. The maximum atomic E-state index is 12.4. The zero-order valence-corrected chi connectivity index (χ0v) is 13.8. The number of benzene rings is 1. The molecule has 4 nitrogen and oxygen atoms in total. The van der Waals surface area contributed by atoms with Gasteiger partial charge in [-0.1, -0.05) is 29.8 Å². The molecule has 0 aliphatic heterocycles. The summed E-state index contributed by atoms with van der Waals surface area (Å²) < 4.78 is 0. The number of hydrogen-bond donors (Lipinski definition) is 1. The molecule has 0 saturated heterocycles. The predicted molar refractivity (Wildman–Crippen MR) is 85.0 cm³/mol. The second kappa shape index (κ2) is 7.46. The zero-order chi connectivity index (χ0) is 16.0. The average Bonchev–Trinajstić information content (AvgIpc) is 2.47. The monoisotopic (exact) mass is 310 g/mol. The molecule has 0 radical (unpaired) electrons. The molecule has 116 valence electrons. The van der Waals surface area contributed by atoms with Crippen LogP contribution in [0, 0.1) is 5.41 Å². The Balaban J connectivity index is 2.74. The van der Waals surface area contributed by atoms with Gasteiger partial charge in [0, 0.05) is 24.7 Å². The molecule has 1 aromatic rings. The Hall–Kier alpha value is -1.55. The minimum Gasteiger partial charge on any atom is -0.351 e. The van der Waals surface area contributed by atoms with E-state index in [2.05, 4.69) is 5.32 Å². The Kier molecular flexibility index (Phi) is 6.21. The van der Waals surface area contributed by atoms with E-state index in [1.54, 1.807) is 24.8 Å². The summed E-state index contributed by atoms with van der Waals surface area (Å²) in [5.41, 5.74) is -0.258. The fourth-order valence-electron chi connectivity index (χ4n) is 2.04. The second-order valence-electron chi connectivity index (χ2n) is 5.38. The zero-order valence-electron chi connectivity index (χ0n) is 13.1. The van der Waals surface area contributed by atoms with Crippen molar-refractivity contribution in [2.75, 3.05) is 13.1 Å². The topological polar surface area (TPSA) is 49.4 Å². The number of carbonyl (C=O) groups is 2. The van der Waals surface area contributed by atoms with Gasteiger partial charge in [-0.25, -0.2) is 0 Å². The Morgan fingerprint density at radius 2 is 1.76 bits per heavy atom. The molecule has 0 heterocycles. The van der Waals surface area contributed by atoms with Crippen LogP contribution >= 0.6 is 11.6 Å². The molecule has 1 rings (SSSR count). The molecule has 0 atom stereocenters. The molecule has 0 saturated carbocycles. The van der Waals surface area contributed by atoms with Crippen LogP contribution < -0.4 is 5.32 Å². The first-order valence-corrected chi connectivity index (χ1v) is 7.53. The van der Waals surface area contributed by atoms with Gasteiger partial charge in [0.15, 0.2) is 0 Å². The first kappa shape index (κ1) is 17.5. The summed E-state index contributed by atoms with van der Waals surface area (Å²) in [6.45, 7) is 8.60. The van der Waals surface area contributed by atoms with Gasteiger partial charge in [0.25, 0.3) is 0 Å². The average molecular weight is 311 g/mol. The van der Waals surface area contributed by atoms with Crippen molar-refractivity contribution in [2.45, 2.75) is 34.2 Å². The number of carbonyl (C=O) groups excluding carboxylic acids is 2. The van der Waals surface area contributed by atoms with Gasteiger partial charge in [0.05, 0.1) is 0 Å². The lowest BCUT2D eigenvalue weighted by atomic mass is 9.90. The molecule has 21 heavy (non-hydrogen) atoms. The van der Waals surface area contributed by atoms with Gasteiger partial charge in [-0.2, -0.15) is 0 Å². The van der Waals surface area contributed by atoms with Crippen molar-refractivity contribution in [3.63, 3.8) is 0 Å². The molecular formula is C16H23ClN2O2. The summed E-state index contributed by atoms with van der Waals surface area (Å²) in [6, 6.07) is 7.32. The SMILES string of the molecule is CCN(CC)C(=O)C(C)(C)C(=O)NCc1ccccc1Cl. The Morgan fingerprint density at radius 1 is 1.19 bits per heavy atom. The third kappa shape index (κ3) is 4.21. The van der Waals surface area contributed by atoms with Crippen LogP contribution in [0.4, 0.5) is 0 Å². The van der Waals surface area contributed by atoms with Crippen molar-refractivity contribution in [2.24, 2.45) is 5.41 Å². The van der Waals surface area contributed by atoms with Crippen LogP contribution in [-0.2, 0) is 16.1 Å². The van der Waals surface area contributed by atoms with E-state index in [9.17, 15) is 9.59 Å². The van der Waals surface area contributed by atoms with Crippen LogP contribution in [0.25, 0.3) is 0 Å². The van der Waals surface area contributed by atoms with Crippen LogP contribution in [0.15, 0.2) is 24.3 Å². The maximum absolute atomic E-state index is 12.4. The predicted octanol–water partition coefficient (Wildman–Crippen LogP) is 2.85. The second-order valence-corrected chi connectivity index (χ2v) is 5.78. The summed E-state index contributed by atoms with van der Waals surface area (Å²) in [6.07, 6.45) is 0. The van der Waals surface area contributed by atoms with Crippen molar-refractivity contribution >= 4 is 23.4 Å². The van der Waals surface area contributed by atoms with Gasteiger partial charge >= 0.3 is 0 Å². The van der Waals surface area contributed by atoms with E-state index in [-0.39, 0.29) is 11.8 Å². The number of nitrogens with zero attached hydrogens (tertiary/aromatic N) is 1. The molecule has 1 aromatic carbocycles. The Bertz CT molecular complexity index is 511. The summed E-state index contributed by atoms with van der Waals surface area (Å²) in [5.74, 6) is -0.455. The molecule has 0 unspecified atom stereocenters. The first-order chi connectivity index (χ1) is 9.84. The summed E-state index contributed by atoms with van der Waals surface area (Å²) in [5, 5.41) is 3.40. The molecule has 0 bridgehead atoms. The minimum absolute atomic E-state index is 0.163. The fraction of sp³-hybridized carbons (Fsp3) is 0.500. The third-order valence-electron chi connectivity index (χ3n) is 3.55. The van der Waals surface area contributed by atoms with Gasteiger partial charge in [-0.05, 0) is 39.3 Å². The molecule has 5 heteroatoms. The molecule has 0 aliphatic rings. The highest BCUT2D eigenvalue weighted by atomic mass is 35.5. The first-order valence-electron chi connectivity index (χ1n) is 7.15. The molecule has 0 aromatic heterocycles. The van der Waals surface area contributed by atoms with Crippen molar-refractivity contribution in [1.29, 1.82) is 0 Å². The van der Waals surface area contributed by atoms with Crippen LogP contribution in [0.2, 0.25) is 5.02 Å². The van der Waals surface area contributed by atoms with Gasteiger partial charge in [-0.15, -0.1) is 0 Å². The van der Waals surface area contributed by atoms with E-state index >= 15 is 0 Å². The summed E-state index contributed by atoms with van der Waals surface area (Å²) >= 11 is 6.05. The van der Waals surface area contributed by atoms with E-state index in [1.807, 2.05) is 32.0 Å². The Morgan fingerprint density at radius 3 is 2.29 bits per heavy atom. The highest BCUT2D eigenvalue weighted by Crippen LogP contribution is 2.20. The van der Waals surface area contributed by atoms with E-state index in [1.165, 1.54) is 0 Å². The Labute approximate surface area is 131 Å². The molecule has 2 amide bonds. The summed E-state index contributed by atoms with van der Waals surface area (Å²) in [7, 11) is 0. The summed E-state index contributed by atoms with van der Waals surface area (Å²) in [4.78, 5) is 26.4. The highest BCUT2D eigenvalue weighted by molar-refractivity contribution is 6.31. The molecule has 1 N–H and O–H groups in total. The number of amides is 2. The van der Waals surface area contributed by atoms with E-state index in [0.717, 1.165) is 5.56 Å². The quantitative estimate of drug-likeness (QED) is 0.821. The third-order valence-corrected chi connectivity index (χ3v) is 3.92. The molecular weight excluding hydrogens is 288 g/mol. The smallest absolute Gasteiger partial charge is 0.237 e. The lowest BCUT2D eigenvalue weighted by Crippen LogP contribution is -2.49.